The largest absolute Gasteiger partial charge is 0.123 e. The van der Waals surface area contributed by atoms with E-state index in [0.717, 1.165) is 5.25 Å². The molecular formula is C12H18S. The van der Waals surface area contributed by atoms with Gasteiger partial charge in [0, 0.05) is 10.1 Å². The number of thioether (sulfide) groups is 1. The van der Waals surface area contributed by atoms with Crippen molar-refractivity contribution in [1.82, 2.24) is 0 Å². The van der Waals surface area contributed by atoms with Crippen molar-refractivity contribution in [3.63, 3.8) is 0 Å². The lowest BCUT2D eigenvalue weighted by Gasteiger charge is -2.12. The Morgan fingerprint density at radius 1 is 1.15 bits per heavy atom. The lowest BCUT2D eigenvalue weighted by Crippen LogP contribution is -1.98. The number of benzene rings is 1. The van der Waals surface area contributed by atoms with E-state index in [-0.39, 0.29) is 0 Å². The molecule has 1 rings (SSSR count). The Morgan fingerprint density at radius 2 is 1.85 bits per heavy atom. The fraction of sp³-hybridized carbons (Fsp3) is 0.500. The third-order valence-corrected chi connectivity index (χ3v) is 3.56. The molecule has 0 amide bonds. The first-order chi connectivity index (χ1) is 6.36. The molecule has 1 atom stereocenters. The smallest absolute Gasteiger partial charge is 0.00916 e. The maximum atomic E-state index is 2.27. The lowest BCUT2D eigenvalue weighted by molar-refractivity contribution is 0.719. The summed E-state index contributed by atoms with van der Waals surface area (Å²) in [5, 5.41) is 0.799. The molecule has 0 aliphatic carbocycles. The molecule has 1 unspecified atom stereocenters. The molecule has 0 nitrogen and oxygen atoms in total. The maximum Gasteiger partial charge on any atom is 0.00916 e. The van der Waals surface area contributed by atoms with Crippen LogP contribution in [0.2, 0.25) is 0 Å². The van der Waals surface area contributed by atoms with E-state index in [1.54, 1.807) is 0 Å². The molecule has 0 bridgehead atoms. The van der Waals surface area contributed by atoms with Gasteiger partial charge in [0.1, 0.15) is 0 Å². The van der Waals surface area contributed by atoms with E-state index in [1.165, 1.54) is 24.2 Å². The van der Waals surface area contributed by atoms with Gasteiger partial charge in [-0.25, -0.2) is 0 Å². The molecule has 0 aliphatic rings. The van der Waals surface area contributed by atoms with Crippen molar-refractivity contribution in [2.24, 2.45) is 0 Å². The van der Waals surface area contributed by atoms with Crippen LogP contribution in [0.3, 0.4) is 0 Å². The van der Waals surface area contributed by atoms with Crippen molar-refractivity contribution in [1.29, 1.82) is 0 Å². The van der Waals surface area contributed by atoms with Crippen molar-refractivity contribution in [3.05, 3.63) is 30.3 Å². The van der Waals surface area contributed by atoms with Gasteiger partial charge in [-0.15, -0.1) is 11.8 Å². The van der Waals surface area contributed by atoms with Crippen LogP contribution in [0.25, 0.3) is 0 Å². The summed E-state index contributed by atoms with van der Waals surface area (Å²) in [6, 6.07) is 10.7. The van der Waals surface area contributed by atoms with Crippen LogP contribution in [-0.2, 0) is 0 Å². The van der Waals surface area contributed by atoms with Crippen molar-refractivity contribution in [3.8, 4) is 0 Å². The minimum Gasteiger partial charge on any atom is -0.123 e. The van der Waals surface area contributed by atoms with Crippen molar-refractivity contribution >= 4 is 11.8 Å². The van der Waals surface area contributed by atoms with Gasteiger partial charge in [0.2, 0.25) is 0 Å². The molecule has 1 heteroatoms. The first-order valence-corrected chi connectivity index (χ1v) is 5.96. The van der Waals surface area contributed by atoms with Crippen LogP contribution in [-0.4, -0.2) is 5.25 Å². The second kappa shape index (κ2) is 6.09. The number of hydrogen-bond donors (Lipinski definition) is 0. The quantitative estimate of drug-likeness (QED) is 0.628. The fourth-order valence-electron chi connectivity index (χ4n) is 1.36. The first-order valence-electron chi connectivity index (χ1n) is 5.08. The third-order valence-electron chi connectivity index (χ3n) is 2.11. The van der Waals surface area contributed by atoms with Gasteiger partial charge >= 0.3 is 0 Å². The minimum atomic E-state index is 0.799. The van der Waals surface area contributed by atoms with Gasteiger partial charge in [-0.05, 0) is 25.0 Å². The highest BCUT2D eigenvalue weighted by atomic mass is 32.2. The normalized spacial score (nSPS) is 12.8. The highest BCUT2D eigenvalue weighted by Gasteiger charge is 2.05. The molecule has 13 heavy (non-hydrogen) atoms. The Bertz CT molecular complexity index is 218. The molecule has 1 aromatic carbocycles. The van der Waals surface area contributed by atoms with Gasteiger partial charge in [0.05, 0.1) is 0 Å². The maximum absolute atomic E-state index is 2.27. The topological polar surface area (TPSA) is 0 Å². The van der Waals surface area contributed by atoms with Gasteiger partial charge in [-0.2, -0.15) is 0 Å². The summed E-state index contributed by atoms with van der Waals surface area (Å²) in [6.07, 6.45) is 3.89. The summed E-state index contributed by atoms with van der Waals surface area (Å²) in [4.78, 5) is 1.41. The van der Waals surface area contributed by atoms with Crippen LogP contribution >= 0.6 is 11.8 Å². The standard InChI is InChI=1S/C12H18S/c1-3-8-11(4-2)13-12-9-6-5-7-10-12/h5-7,9-11H,3-4,8H2,1-2H3. The van der Waals surface area contributed by atoms with E-state index in [4.69, 9.17) is 0 Å². The summed E-state index contributed by atoms with van der Waals surface area (Å²) in [7, 11) is 0. The SMILES string of the molecule is CCCC(CC)Sc1ccccc1. The molecule has 0 N–H and O–H groups in total. The van der Waals surface area contributed by atoms with Gasteiger partial charge in [0.25, 0.3) is 0 Å². The second-order valence-corrected chi connectivity index (χ2v) is 4.62. The minimum absolute atomic E-state index is 0.799. The molecule has 0 aromatic heterocycles. The predicted octanol–water partition coefficient (Wildman–Crippen LogP) is 4.36. The Hall–Kier alpha value is -0.430. The Labute approximate surface area is 85.7 Å². The molecular weight excluding hydrogens is 176 g/mol. The summed E-state index contributed by atoms with van der Waals surface area (Å²) in [5.41, 5.74) is 0. The average molecular weight is 194 g/mol. The summed E-state index contributed by atoms with van der Waals surface area (Å²) in [6.45, 7) is 4.53. The Morgan fingerprint density at radius 3 is 2.38 bits per heavy atom. The predicted molar refractivity (Wildman–Crippen MR) is 61.3 cm³/mol. The van der Waals surface area contributed by atoms with Crippen LogP contribution in [0.5, 0.6) is 0 Å². The molecule has 0 saturated carbocycles. The third kappa shape index (κ3) is 3.86. The van der Waals surface area contributed by atoms with E-state index < -0.39 is 0 Å². The Balaban J connectivity index is 2.46. The zero-order valence-electron chi connectivity index (χ0n) is 8.49. The summed E-state index contributed by atoms with van der Waals surface area (Å²) < 4.78 is 0. The number of hydrogen-bond acceptors (Lipinski definition) is 1. The highest BCUT2D eigenvalue weighted by Crippen LogP contribution is 2.27. The summed E-state index contributed by atoms with van der Waals surface area (Å²) in [5.74, 6) is 0. The van der Waals surface area contributed by atoms with Gasteiger partial charge in [-0.3, -0.25) is 0 Å². The number of rotatable bonds is 5. The van der Waals surface area contributed by atoms with E-state index in [1.807, 2.05) is 11.8 Å². The zero-order chi connectivity index (χ0) is 9.52. The fourth-order valence-corrected chi connectivity index (χ4v) is 2.58. The van der Waals surface area contributed by atoms with Crippen molar-refractivity contribution < 1.29 is 0 Å². The average Bonchev–Trinajstić information content (AvgIpc) is 2.19. The van der Waals surface area contributed by atoms with Gasteiger partial charge < -0.3 is 0 Å². The molecule has 1 aromatic rings. The van der Waals surface area contributed by atoms with Crippen LogP contribution < -0.4 is 0 Å². The van der Waals surface area contributed by atoms with E-state index >= 15 is 0 Å². The van der Waals surface area contributed by atoms with E-state index in [9.17, 15) is 0 Å². The van der Waals surface area contributed by atoms with Crippen LogP contribution in [0.1, 0.15) is 33.1 Å². The first kappa shape index (κ1) is 10.6. The highest BCUT2D eigenvalue weighted by molar-refractivity contribution is 8.00. The van der Waals surface area contributed by atoms with Crippen LogP contribution in [0.15, 0.2) is 35.2 Å². The molecule has 0 saturated heterocycles. The molecule has 0 spiro atoms. The van der Waals surface area contributed by atoms with E-state index in [2.05, 4.69) is 44.2 Å². The van der Waals surface area contributed by atoms with Crippen molar-refractivity contribution in [2.75, 3.05) is 0 Å². The van der Waals surface area contributed by atoms with E-state index in [0.29, 0.717) is 0 Å². The lowest BCUT2D eigenvalue weighted by atomic mass is 10.2. The van der Waals surface area contributed by atoms with Gasteiger partial charge in [0.15, 0.2) is 0 Å². The van der Waals surface area contributed by atoms with Crippen LogP contribution in [0.4, 0.5) is 0 Å². The Kier molecular flexibility index (Phi) is 4.99. The molecule has 0 fully saturated rings. The molecule has 0 radical (unpaired) electrons. The van der Waals surface area contributed by atoms with Crippen LogP contribution in [0, 0.1) is 0 Å². The van der Waals surface area contributed by atoms with Gasteiger partial charge in [-0.1, -0.05) is 38.5 Å². The molecule has 0 heterocycles. The summed E-state index contributed by atoms with van der Waals surface area (Å²) >= 11 is 2.01. The molecule has 72 valence electrons. The molecule has 0 aliphatic heterocycles. The van der Waals surface area contributed by atoms with Crippen molar-refractivity contribution in [2.45, 2.75) is 43.3 Å². The monoisotopic (exact) mass is 194 g/mol. The second-order valence-electron chi connectivity index (χ2n) is 3.25. The zero-order valence-corrected chi connectivity index (χ0v) is 9.31.